The molecule has 0 radical (unpaired) electrons. The Bertz CT molecular complexity index is 619. The van der Waals surface area contributed by atoms with E-state index in [0.717, 1.165) is 38.1 Å². The quantitative estimate of drug-likeness (QED) is 0.741. The Morgan fingerprint density at radius 2 is 1.93 bits per heavy atom. The fourth-order valence-electron chi connectivity index (χ4n) is 4.57. The van der Waals surface area contributed by atoms with Crippen molar-refractivity contribution in [2.75, 3.05) is 32.7 Å². The molecule has 0 bridgehead atoms. The number of aliphatic imine (C=N–C) groups is 1. The van der Waals surface area contributed by atoms with Crippen molar-refractivity contribution in [1.29, 1.82) is 0 Å². The van der Waals surface area contributed by atoms with Gasteiger partial charge in [0.2, 0.25) is 0 Å². The van der Waals surface area contributed by atoms with E-state index >= 15 is 0 Å². The largest absolute Gasteiger partial charge is 0.444 e. The summed E-state index contributed by atoms with van der Waals surface area (Å²) in [6, 6.07) is 0.403. The number of carbonyl (C=O) groups excluding carboxylic acids is 2. The number of likely N-dealkylation sites (tertiary alicyclic amines) is 2. The highest BCUT2D eigenvalue weighted by Gasteiger charge is 2.50. The Morgan fingerprint density at radius 1 is 1.26 bits per heavy atom. The molecular weight excluding hydrogens is 344 g/mol. The number of carbonyl (C=O) groups is 2. The van der Waals surface area contributed by atoms with E-state index < -0.39 is 11.1 Å². The summed E-state index contributed by atoms with van der Waals surface area (Å²) >= 11 is 0. The van der Waals surface area contributed by atoms with Gasteiger partial charge in [0.15, 0.2) is 5.54 Å². The number of piperidine rings is 2. The van der Waals surface area contributed by atoms with Crippen LogP contribution in [0.2, 0.25) is 0 Å². The van der Waals surface area contributed by atoms with Crippen molar-refractivity contribution in [2.24, 2.45) is 4.99 Å². The van der Waals surface area contributed by atoms with Crippen molar-refractivity contribution in [2.45, 2.75) is 77.5 Å². The molecule has 1 unspecified atom stereocenters. The Morgan fingerprint density at radius 3 is 2.48 bits per heavy atom. The van der Waals surface area contributed by atoms with Gasteiger partial charge in [-0.15, -0.1) is 0 Å². The maximum atomic E-state index is 12.9. The molecule has 27 heavy (non-hydrogen) atoms. The molecule has 0 saturated carbocycles. The molecule has 0 aliphatic carbocycles. The summed E-state index contributed by atoms with van der Waals surface area (Å²) in [4.78, 5) is 36.1. The first-order valence-electron chi connectivity index (χ1n) is 10.3. The molecule has 3 aliphatic rings. The number of amidine groups is 1. The molecule has 7 nitrogen and oxygen atoms in total. The molecule has 2 amide bonds. The summed E-state index contributed by atoms with van der Waals surface area (Å²) in [6.45, 7) is 13.4. The molecule has 2 saturated heterocycles. The standard InChI is InChI=1S/C20H34N4O3/c1-6-24-15(2)21-20(17(24)25)10-7-11-23(14-20)16-8-12-22(13-9-16)18(26)27-19(3,4)5/h16H,6-14H2,1-5H3. The monoisotopic (exact) mass is 378 g/mol. The van der Waals surface area contributed by atoms with Crippen LogP contribution in [-0.2, 0) is 9.53 Å². The molecule has 0 aromatic carbocycles. The number of nitrogens with zero attached hydrogens (tertiary/aromatic N) is 4. The lowest BCUT2D eigenvalue weighted by Gasteiger charge is -2.44. The second-order valence-electron chi connectivity index (χ2n) is 9.01. The van der Waals surface area contributed by atoms with Crippen LogP contribution in [-0.4, -0.2) is 82.4 Å². The van der Waals surface area contributed by atoms with E-state index in [0.29, 0.717) is 32.2 Å². The SMILES string of the molecule is CCN1C(=O)C2(CCCN(C3CCN(C(=O)OC(C)(C)C)CC3)C2)N=C1C. The molecule has 3 rings (SSSR count). The Labute approximate surface area is 162 Å². The number of ether oxygens (including phenoxy) is 1. The van der Waals surface area contributed by atoms with E-state index in [1.54, 1.807) is 0 Å². The smallest absolute Gasteiger partial charge is 0.410 e. The van der Waals surface area contributed by atoms with E-state index in [-0.39, 0.29) is 12.0 Å². The average Bonchev–Trinajstić information content (AvgIpc) is 2.83. The van der Waals surface area contributed by atoms with Gasteiger partial charge in [0, 0.05) is 32.2 Å². The molecule has 152 valence electrons. The second kappa shape index (κ2) is 7.41. The normalized spacial score (nSPS) is 28.0. The van der Waals surface area contributed by atoms with Crippen molar-refractivity contribution in [3.8, 4) is 0 Å². The maximum absolute atomic E-state index is 12.9. The maximum Gasteiger partial charge on any atom is 0.410 e. The van der Waals surface area contributed by atoms with Crippen molar-refractivity contribution >= 4 is 17.8 Å². The minimum absolute atomic E-state index is 0.165. The molecular formula is C20H34N4O3. The fourth-order valence-corrected chi connectivity index (χ4v) is 4.57. The fraction of sp³-hybridized carbons (Fsp3) is 0.850. The van der Waals surface area contributed by atoms with Crippen LogP contribution in [0.25, 0.3) is 0 Å². The Hall–Kier alpha value is -1.63. The van der Waals surface area contributed by atoms with Gasteiger partial charge in [-0.05, 0) is 66.8 Å². The van der Waals surface area contributed by atoms with Crippen molar-refractivity contribution in [3.63, 3.8) is 0 Å². The van der Waals surface area contributed by atoms with Crippen molar-refractivity contribution < 1.29 is 14.3 Å². The highest BCUT2D eigenvalue weighted by Crippen LogP contribution is 2.34. The van der Waals surface area contributed by atoms with Crippen molar-refractivity contribution in [3.05, 3.63) is 0 Å². The summed E-state index contributed by atoms with van der Waals surface area (Å²) in [5.41, 5.74) is -1.04. The van der Waals surface area contributed by atoms with Crippen LogP contribution < -0.4 is 0 Å². The van der Waals surface area contributed by atoms with Crippen LogP contribution in [0.15, 0.2) is 4.99 Å². The third-order valence-corrected chi connectivity index (χ3v) is 5.86. The van der Waals surface area contributed by atoms with Crippen LogP contribution in [0.5, 0.6) is 0 Å². The average molecular weight is 379 g/mol. The second-order valence-corrected chi connectivity index (χ2v) is 9.01. The predicted molar refractivity (Wildman–Crippen MR) is 105 cm³/mol. The van der Waals surface area contributed by atoms with E-state index in [1.807, 2.05) is 44.4 Å². The third kappa shape index (κ3) is 4.13. The van der Waals surface area contributed by atoms with Crippen LogP contribution in [0.3, 0.4) is 0 Å². The lowest BCUT2D eigenvalue weighted by atomic mass is 9.87. The number of amides is 2. The van der Waals surface area contributed by atoms with Crippen LogP contribution in [0, 0.1) is 0 Å². The Kier molecular flexibility index (Phi) is 5.52. The summed E-state index contributed by atoms with van der Waals surface area (Å²) in [7, 11) is 0. The summed E-state index contributed by atoms with van der Waals surface area (Å²) in [6.07, 6.45) is 3.45. The van der Waals surface area contributed by atoms with E-state index in [4.69, 9.17) is 9.73 Å². The first-order chi connectivity index (χ1) is 12.6. The van der Waals surface area contributed by atoms with Gasteiger partial charge in [0.25, 0.3) is 5.91 Å². The summed E-state index contributed by atoms with van der Waals surface area (Å²) in [5, 5.41) is 0. The van der Waals surface area contributed by atoms with E-state index in [2.05, 4.69) is 4.90 Å². The molecule has 0 N–H and O–H groups in total. The van der Waals surface area contributed by atoms with Gasteiger partial charge >= 0.3 is 6.09 Å². The lowest BCUT2D eigenvalue weighted by molar-refractivity contribution is -0.133. The van der Waals surface area contributed by atoms with Gasteiger partial charge in [-0.1, -0.05) is 0 Å². The number of likely N-dealkylation sites (N-methyl/N-ethyl adjacent to an activating group) is 1. The predicted octanol–water partition coefficient (Wildman–Crippen LogP) is 2.50. The Balaban J connectivity index is 1.59. The topological polar surface area (TPSA) is 65.5 Å². The third-order valence-electron chi connectivity index (χ3n) is 5.86. The molecule has 1 atom stereocenters. The lowest BCUT2D eigenvalue weighted by Crippen LogP contribution is -2.57. The van der Waals surface area contributed by atoms with Gasteiger partial charge < -0.3 is 9.64 Å². The number of hydrogen-bond acceptors (Lipinski definition) is 5. The first kappa shape index (κ1) is 20.1. The minimum Gasteiger partial charge on any atom is -0.444 e. The van der Waals surface area contributed by atoms with Gasteiger partial charge in [0.05, 0.1) is 0 Å². The van der Waals surface area contributed by atoms with Crippen LogP contribution in [0.1, 0.15) is 60.3 Å². The highest BCUT2D eigenvalue weighted by molar-refractivity contribution is 6.07. The van der Waals surface area contributed by atoms with Crippen LogP contribution in [0.4, 0.5) is 4.79 Å². The number of hydrogen-bond donors (Lipinski definition) is 0. The molecule has 0 aromatic heterocycles. The van der Waals surface area contributed by atoms with Crippen molar-refractivity contribution in [1.82, 2.24) is 14.7 Å². The first-order valence-corrected chi connectivity index (χ1v) is 10.3. The van der Waals surface area contributed by atoms with Gasteiger partial charge in [0.1, 0.15) is 11.4 Å². The zero-order valence-corrected chi connectivity index (χ0v) is 17.5. The van der Waals surface area contributed by atoms with E-state index in [9.17, 15) is 9.59 Å². The van der Waals surface area contributed by atoms with E-state index in [1.165, 1.54) is 0 Å². The van der Waals surface area contributed by atoms with Gasteiger partial charge in [-0.2, -0.15) is 0 Å². The molecule has 0 aromatic rings. The van der Waals surface area contributed by atoms with Gasteiger partial charge in [-0.3, -0.25) is 19.6 Å². The minimum atomic E-state index is -0.583. The zero-order chi connectivity index (χ0) is 19.8. The zero-order valence-electron chi connectivity index (χ0n) is 17.5. The highest BCUT2D eigenvalue weighted by atomic mass is 16.6. The molecule has 7 heteroatoms. The number of rotatable bonds is 2. The molecule has 3 heterocycles. The molecule has 3 aliphatic heterocycles. The molecule has 1 spiro atoms. The van der Waals surface area contributed by atoms with Crippen LogP contribution >= 0.6 is 0 Å². The van der Waals surface area contributed by atoms with Gasteiger partial charge in [-0.25, -0.2) is 4.79 Å². The summed E-state index contributed by atoms with van der Waals surface area (Å²) < 4.78 is 5.49. The molecule has 2 fully saturated rings. The summed E-state index contributed by atoms with van der Waals surface area (Å²) in [5.74, 6) is 1.02.